The first-order valence-corrected chi connectivity index (χ1v) is 8.44. The maximum absolute atomic E-state index is 13.2. The Labute approximate surface area is 151 Å². The highest BCUT2D eigenvalue weighted by Crippen LogP contribution is 2.30. The molecular formula is C18H20N6O2. The molecule has 0 spiro atoms. The quantitative estimate of drug-likeness (QED) is 0.706. The van der Waals surface area contributed by atoms with Gasteiger partial charge in [0.2, 0.25) is 0 Å². The Balaban J connectivity index is 1.62. The molecule has 1 amide bonds. The summed E-state index contributed by atoms with van der Waals surface area (Å²) in [5.74, 6) is -0.0287. The summed E-state index contributed by atoms with van der Waals surface area (Å²) >= 11 is 0. The van der Waals surface area contributed by atoms with Crippen molar-refractivity contribution in [1.29, 1.82) is 0 Å². The molecule has 8 heteroatoms. The van der Waals surface area contributed by atoms with E-state index in [1.165, 1.54) is 0 Å². The van der Waals surface area contributed by atoms with Gasteiger partial charge in [0, 0.05) is 45.8 Å². The van der Waals surface area contributed by atoms with E-state index < -0.39 is 0 Å². The van der Waals surface area contributed by atoms with Gasteiger partial charge in [-0.15, -0.1) is 5.10 Å². The van der Waals surface area contributed by atoms with Gasteiger partial charge in [0.15, 0.2) is 0 Å². The van der Waals surface area contributed by atoms with Gasteiger partial charge in [0.1, 0.15) is 0 Å². The number of carbonyl (C=O) groups excluding carboxylic acids is 1. The van der Waals surface area contributed by atoms with Crippen LogP contribution in [0.1, 0.15) is 22.0 Å². The van der Waals surface area contributed by atoms with E-state index in [9.17, 15) is 4.79 Å². The van der Waals surface area contributed by atoms with Crippen LogP contribution in [0.2, 0.25) is 0 Å². The van der Waals surface area contributed by atoms with Crippen LogP contribution in [0.3, 0.4) is 0 Å². The van der Waals surface area contributed by atoms with Crippen molar-refractivity contribution in [2.24, 2.45) is 7.05 Å². The van der Waals surface area contributed by atoms with Crippen molar-refractivity contribution >= 4 is 5.91 Å². The van der Waals surface area contributed by atoms with E-state index >= 15 is 0 Å². The molecule has 26 heavy (non-hydrogen) atoms. The molecule has 134 valence electrons. The number of methoxy groups -OCH3 is 1. The van der Waals surface area contributed by atoms with Crippen LogP contribution in [0.25, 0.3) is 5.69 Å². The molecule has 8 nitrogen and oxygen atoms in total. The second-order valence-electron chi connectivity index (χ2n) is 6.38. The predicted molar refractivity (Wildman–Crippen MR) is 94.0 cm³/mol. The van der Waals surface area contributed by atoms with Crippen LogP contribution in [-0.4, -0.2) is 61.9 Å². The average Bonchev–Trinajstić information content (AvgIpc) is 3.41. The Bertz CT molecular complexity index is 904. The molecule has 3 heterocycles. The van der Waals surface area contributed by atoms with E-state index in [4.69, 9.17) is 4.74 Å². The van der Waals surface area contributed by atoms with E-state index in [2.05, 4.69) is 15.4 Å². The molecule has 0 aliphatic carbocycles. The number of ether oxygens (including phenoxy) is 1. The predicted octanol–water partition coefficient (Wildman–Crippen LogP) is 1.26. The van der Waals surface area contributed by atoms with Crippen molar-refractivity contribution < 1.29 is 9.53 Å². The molecule has 1 saturated heterocycles. The molecule has 0 bridgehead atoms. The summed E-state index contributed by atoms with van der Waals surface area (Å²) in [4.78, 5) is 15.0. The van der Waals surface area contributed by atoms with Crippen molar-refractivity contribution in [2.45, 2.75) is 12.0 Å². The first kappa shape index (κ1) is 16.5. The van der Waals surface area contributed by atoms with E-state index in [-0.39, 0.29) is 17.9 Å². The summed E-state index contributed by atoms with van der Waals surface area (Å²) in [6.07, 6.45) is 5.30. The summed E-state index contributed by atoms with van der Waals surface area (Å²) in [6, 6.07) is 9.32. The Morgan fingerprint density at radius 2 is 2.08 bits per heavy atom. The van der Waals surface area contributed by atoms with Gasteiger partial charge in [-0.05, 0) is 18.2 Å². The topological polar surface area (TPSA) is 78.1 Å². The maximum atomic E-state index is 13.2. The van der Waals surface area contributed by atoms with Crippen LogP contribution >= 0.6 is 0 Å². The molecule has 1 aromatic carbocycles. The number of nitrogens with zero attached hydrogens (tertiary/aromatic N) is 6. The van der Waals surface area contributed by atoms with Gasteiger partial charge in [-0.2, -0.15) is 5.10 Å². The molecule has 0 unspecified atom stereocenters. The summed E-state index contributed by atoms with van der Waals surface area (Å²) in [5.41, 5.74) is 2.22. The Hall–Kier alpha value is -3.00. The Kier molecular flexibility index (Phi) is 4.26. The maximum Gasteiger partial charge on any atom is 0.256 e. The first-order valence-electron chi connectivity index (χ1n) is 8.44. The largest absolute Gasteiger partial charge is 0.379 e. The monoisotopic (exact) mass is 352 g/mol. The molecule has 0 saturated carbocycles. The van der Waals surface area contributed by atoms with Crippen LogP contribution in [0.15, 0.2) is 48.9 Å². The van der Waals surface area contributed by atoms with Gasteiger partial charge in [0.25, 0.3) is 5.91 Å². The molecule has 0 N–H and O–H groups in total. The third-order valence-corrected chi connectivity index (χ3v) is 4.74. The van der Waals surface area contributed by atoms with Crippen molar-refractivity contribution in [3.63, 3.8) is 0 Å². The van der Waals surface area contributed by atoms with Gasteiger partial charge in [0.05, 0.1) is 29.0 Å². The first-order chi connectivity index (χ1) is 12.7. The van der Waals surface area contributed by atoms with Crippen LogP contribution in [0.4, 0.5) is 0 Å². The third-order valence-electron chi connectivity index (χ3n) is 4.74. The Morgan fingerprint density at radius 1 is 1.23 bits per heavy atom. The van der Waals surface area contributed by atoms with Gasteiger partial charge >= 0.3 is 0 Å². The molecule has 0 radical (unpaired) electrons. The summed E-state index contributed by atoms with van der Waals surface area (Å²) < 4.78 is 8.99. The number of likely N-dealkylation sites (tertiary alicyclic amines) is 1. The molecule has 1 aliphatic rings. The second kappa shape index (κ2) is 6.72. The standard InChI is InChI=1S/C18H20N6O2/c1-22-11-15(20-21-22)14-10-23(12-17(14)26-2)18(25)13-6-3-4-7-16(13)24-9-5-8-19-24/h3-9,11,14,17H,10,12H2,1-2H3/t14-,17+/m0/s1. The SMILES string of the molecule is CO[C@@H]1CN(C(=O)c2ccccc2-n2cccn2)C[C@H]1c1cn(C)nn1. The van der Waals surface area contributed by atoms with Crippen molar-refractivity contribution in [3.8, 4) is 5.69 Å². The minimum Gasteiger partial charge on any atom is -0.379 e. The van der Waals surface area contributed by atoms with Gasteiger partial charge in [-0.3, -0.25) is 9.48 Å². The van der Waals surface area contributed by atoms with Crippen molar-refractivity contribution in [2.75, 3.05) is 20.2 Å². The highest BCUT2D eigenvalue weighted by molar-refractivity contribution is 5.98. The number of carbonyl (C=O) groups is 1. The number of aryl methyl sites for hydroxylation is 1. The molecule has 2 atom stereocenters. The summed E-state index contributed by atoms with van der Waals surface area (Å²) in [6.45, 7) is 1.06. The molecule has 1 aliphatic heterocycles. The number of benzene rings is 1. The van der Waals surface area contributed by atoms with E-state index in [0.29, 0.717) is 18.7 Å². The van der Waals surface area contributed by atoms with Gasteiger partial charge in [-0.25, -0.2) is 4.68 Å². The lowest BCUT2D eigenvalue weighted by Gasteiger charge is -2.18. The van der Waals surface area contributed by atoms with Gasteiger partial charge < -0.3 is 9.64 Å². The number of aromatic nitrogens is 5. The van der Waals surface area contributed by atoms with Crippen LogP contribution in [0.5, 0.6) is 0 Å². The smallest absolute Gasteiger partial charge is 0.256 e. The van der Waals surface area contributed by atoms with Crippen molar-refractivity contribution in [3.05, 3.63) is 60.2 Å². The number of amides is 1. The third kappa shape index (κ3) is 2.88. The van der Waals surface area contributed by atoms with Crippen LogP contribution in [0, 0.1) is 0 Å². The van der Waals surface area contributed by atoms with Crippen molar-refractivity contribution in [1.82, 2.24) is 29.7 Å². The summed E-state index contributed by atoms with van der Waals surface area (Å²) in [5, 5.41) is 12.5. The molecule has 4 rings (SSSR count). The van der Waals surface area contributed by atoms with Crippen LogP contribution < -0.4 is 0 Å². The molecule has 1 fully saturated rings. The minimum atomic E-state index is -0.104. The molecule has 3 aromatic rings. The zero-order valence-electron chi connectivity index (χ0n) is 14.7. The van der Waals surface area contributed by atoms with Crippen LogP contribution in [-0.2, 0) is 11.8 Å². The molecule has 2 aromatic heterocycles. The number of hydrogen-bond donors (Lipinski definition) is 0. The highest BCUT2D eigenvalue weighted by atomic mass is 16.5. The number of rotatable bonds is 4. The zero-order valence-corrected chi connectivity index (χ0v) is 14.7. The lowest BCUT2D eigenvalue weighted by Crippen LogP contribution is -2.30. The van der Waals surface area contributed by atoms with E-state index in [1.54, 1.807) is 22.7 Å². The normalized spacial score (nSPS) is 19.8. The fourth-order valence-corrected chi connectivity index (χ4v) is 3.43. The fraction of sp³-hybridized carbons (Fsp3) is 0.333. The highest BCUT2D eigenvalue weighted by Gasteiger charge is 2.38. The summed E-state index contributed by atoms with van der Waals surface area (Å²) in [7, 11) is 3.50. The van der Waals surface area contributed by atoms with E-state index in [0.717, 1.165) is 11.4 Å². The second-order valence-corrected chi connectivity index (χ2v) is 6.38. The minimum absolute atomic E-state index is 0.00881. The zero-order chi connectivity index (χ0) is 18.1. The average molecular weight is 352 g/mol. The fourth-order valence-electron chi connectivity index (χ4n) is 3.43. The number of para-hydroxylation sites is 1. The Morgan fingerprint density at radius 3 is 2.77 bits per heavy atom. The van der Waals surface area contributed by atoms with Gasteiger partial charge in [-0.1, -0.05) is 17.3 Å². The lowest BCUT2D eigenvalue weighted by atomic mass is 10.0. The number of hydrogen-bond acceptors (Lipinski definition) is 5. The van der Waals surface area contributed by atoms with E-state index in [1.807, 2.05) is 54.7 Å². The lowest BCUT2D eigenvalue weighted by molar-refractivity contribution is 0.0714. The molecular weight excluding hydrogens is 332 g/mol.